The lowest BCUT2D eigenvalue weighted by Crippen LogP contribution is -2.45. The van der Waals surface area contributed by atoms with E-state index in [1.807, 2.05) is 42.8 Å². The van der Waals surface area contributed by atoms with Gasteiger partial charge in [0.1, 0.15) is 0 Å². The SMILES string of the molecule is Cc1ccc(Cl)c(C2(O)CCN(C(=O)c3csc(-c4cn[nH]c4)c3)CC2)c1. The number of amides is 1. The fourth-order valence-corrected chi connectivity index (χ4v) is 4.67. The second-order valence-corrected chi connectivity index (χ2v) is 8.31. The number of halogens is 1. The second-order valence-electron chi connectivity index (χ2n) is 6.99. The van der Waals surface area contributed by atoms with Crippen LogP contribution in [0.1, 0.15) is 34.3 Å². The van der Waals surface area contributed by atoms with Gasteiger partial charge in [-0.15, -0.1) is 11.3 Å². The van der Waals surface area contributed by atoms with Crippen molar-refractivity contribution in [1.29, 1.82) is 0 Å². The number of rotatable bonds is 3. The van der Waals surface area contributed by atoms with Crippen molar-refractivity contribution in [2.24, 2.45) is 0 Å². The van der Waals surface area contributed by atoms with Crippen LogP contribution in [0.5, 0.6) is 0 Å². The number of carbonyl (C=O) groups is 1. The van der Waals surface area contributed by atoms with Crippen LogP contribution in [0.25, 0.3) is 10.4 Å². The van der Waals surface area contributed by atoms with Crippen LogP contribution in [0.4, 0.5) is 0 Å². The van der Waals surface area contributed by atoms with E-state index in [2.05, 4.69) is 10.2 Å². The molecule has 3 aromatic rings. The highest BCUT2D eigenvalue weighted by Gasteiger charge is 2.37. The molecule has 27 heavy (non-hydrogen) atoms. The molecule has 0 aliphatic carbocycles. The van der Waals surface area contributed by atoms with Crippen molar-refractivity contribution in [3.05, 3.63) is 63.8 Å². The van der Waals surface area contributed by atoms with Crippen molar-refractivity contribution in [1.82, 2.24) is 15.1 Å². The van der Waals surface area contributed by atoms with Gasteiger partial charge in [0.05, 0.1) is 17.4 Å². The highest BCUT2D eigenvalue weighted by molar-refractivity contribution is 7.13. The summed E-state index contributed by atoms with van der Waals surface area (Å²) in [6.07, 6.45) is 4.50. The smallest absolute Gasteiger partial charge is 0.254 e. The first-order valence-corrected chi connectivity index (χ1v) is 10.1. The highest BCUT2D eigenvalue weighted by atomic mass is 35.5. The number of aromatic amines is 1. The molecule has 4 rings (SSSR count). The summed E-state index contributed by atoms with van der Waals surface area (Å²) in [7, 11) is 0. The molecule has 1 aliphatic rings. The maximum Gasteiger partial charge on any atom is 0.254 e. The van der Waals surface area contributed by atoms with E-state index in [1.54, 1.807) is 11.1 Å². The third-order valence-electron chi connectivity index (χ3n) is 5.13. The average molecular weight is 402 g/mol. The molecule has 1 amide bonds. The normalized spacial score (nSPS) is 16.5. The Labute approximate surface area is 166 Å². The molecular weight excluding hydrogens is 382 g/mol. The zero-order chi connectivity index (χ0) is 19.0. The Morgan fingerprint density at radius 2 is 2.11 bits per heavy atom. The molecule has 0 radical (unpaired) electrons. The maximum absolute atomic E-state index is 12.9. The fraction of sp³-hybridized carbons (Fsp3) is 0.300. The molecule has 7 heteroatoms. The molecule has 1 aliphatic heterocycles. The predicted molar refractivity (Wildman–Crippen MR) is 107 cm³/mol. The van der Waals surface area contributed by atoms with Gasteiger partial charge >= 0.3 is 0 Å². The number of hydrogen-bond acceptors (Lipinski definition) is 4. The summed E-state index contributed by atoms with van der Waals surface area (Å²) < 4.78 is 0. The van der Waals surface area contributed by atoms with E-state index in [4.69, 9.17) is 11.6 Å². The Hall–Kier alpha value is -2.15. The van der Waals surface area contributed by atoms with Crippen molar-refractivity contribution >= 4 is 28.8 Å². The van der Waals surface area contributed by atoms with Gasteiger partial charge in [0.25, 0.3) is 5.91 Å². The topological polar surface area (TPSA) is 69.2 Å². The quantitative estimate of drug-likeness (QED) is 0.690. The van der Waals surface area contributed by atoms with Gasteiger partial charge in [0, 0.05) is 45.7 Å². The minimum atomic E-state index is -0.990. The van der Waals surface area contributed by atoms with E-state index in [1.165, 1.54) is 11.3 Å². The summed E-state index contributed by atoms with van der Waals surface area (Å²) in [5.41, 5.74) is 2.48. The Balaban J connectivity index is 1.47. The first-order valence-electron chi connectivity index (χ1n) is 8.82. The standard InChI is InChI=1S/C20H20ClN3O2S/c1-13-2-3-17(21)16(8-13)20(26)4-6-24(7-5-20)19(25)14-9-18(27-12-14)15-10-22-23-11-15/h2-3,8-12,26H,4-7H2,1H3,(H,22,23). The summed E-state index contributed by atoms with van der Waals surface area (Å²) in [5, 5.41) is 20.3. The third kappa shape index (κ3) is 3.52. The molecule has 0 atom stereocenters. The number of piperidine rings is 1. The Morgan fingerprint density at radius 1 is 1.33 bits per heavy atom. The number of likely N-dealkylation sites (tertiary alicyclic amines) is 1. The number of carbonyl (C=O) groups excluding carboxylic acids is 1. The highest BCUT2D eigenvalue weighted by Crippen LogP contribution is 2.38. The monoisotopic (exact) mass is 401 g/mol. The van der Waals surface area contributed by atoms with Crippen LogP contribution in [-0.4, -0.2) is 39.2 Å². The van der Waals surface area contributed by atoms with Gasteiger partial charge < -0.3 is 10.0 Å². The van der Waals surface area contributed by atoms with Crippen LogP contribution < -0.4 is 0 Å². The lowest BCUT2D eigenvalue weighted by Gasteiger charge is -2.39. The number of benzene rings is 1. The predicted octanol–water partition coefficient (Wildman–Crippen LogP) is 4.22. The molecule has 140 valence electrons. The number of aromatic nitrogens is 2. The van der Waals surface area contributed by atoms with Gasteiger partial charge in [0.15, 0.2) is 0 Å². The first kappa shape index (κ1) is 18.2. The van der Waals surface area contributed by atoms with Crippen LogP contribution in [0.2, 0.25) is 5.02 Å². The second kappa shape index (κ2) is 7.11. The Kier molecular flexibility index (Phi) is 4.80. The van der Waals surface area contributed by atoms with E-state index in [9.17, 15) is 9.90 Å². The lowest BCUT2D eigenvalue weighted by atomic mass is 9.83. The largest absolute Gasteiger partial charge is 0.385 e. The molecule has 3 heterocycles. The third-order valence-corrected chi connectivity index (χ3v) is 6.44. The van der Waals surface area contributed by atoms with Gasteiger partial charge in [-0.1, -0.05) is 29.3 Å². The van der Waals surface area contributed by atoms with Crippen molar-refractivity contribution in [2.75, 3.05) is 13.1 Å². The van der Waals surface area contributed by atoms with Gasteiger partial charge in [0.2, 0.25) is 0 Å². The summed E-state index contributed by atoms with van der Waals surface area (Å²) in [5.74, 6) is -0.00150. The molecule has 0 saturated carbocycles. The van der Waals surface area contributed by atoms with Crippen LogP contribution in [0, 0.1) is 6.92 Å². The maximum atomic E-state index is 12.9. The minimum absolute atomic E-state index is 0.00150. The first-order chi connectivity index (χ1) is 13.0. The van der Waals surface area contributed by atoms with Crippen molar-refractivity contribution in [3.8, 4) is 10.4 Å². The van der Waals surface area contributed by atoms with E-state index < -0.39 is 5.60 Å². The van der Waals surface area contributed by atoms with E-state index >= 15 is 0 Å². The van der Waals surface area contributed by atoms with Gasteiger partial charge in [-0.3, -0.25) is 9.89 Å². The zero-order valence-corrected chi connectivity index (χ0v) is 16.5. The Bertz CT molecular complexity index is 960. The number of aliphatic hydroxyl groups is 1. The number of thiophene rings is 1. The molecule has 2 N–H and O–H groups in total. The molecule has 0 unspecified atom stereocenters. The average Bonchev–Trinajstić information content (AvgIpc) is 3.35. The summed E-state index contributed by atoms with van der Waals surface area (Å²) >= 11 is 7.84. The molecule has 1 saturated heterocycles. The van der Waals surface area contributed by atoms with Gasteiger partial charge in [-0.2, -0.15) is 5.10 Å². The number of hydrogen-bond donors (Lipinski definition) is 2. The van der Waals surface area contributed by atoms with Gasteiger partial charge in [-0.25, -0.2) is 0 Å². The summed E-state index contributed by atoms with van der Waals surface area (Å²) in [4.78, 5) is 15.7. The molecular formula is C20H20ClN3O2S. The fourth-order valence-electron chi connectivity index (χ4n) is 3.51. The molecule has 0 bridgehead atoms. The lowest BCUT2D eigenvalue weighted by molar-refractivity contribution is -0.0210. The van der Waals surface area contributed by atoms with Crippen LogP contribution in [-0.2, 0) is 5.60 Å². The van der Waals surface area contributed by atoms with Crippen molar-refractivity contribution in [3.63, 3.8) is 0 Å². The molecule has 2 aromatic heterocycles. The Morgan fingerprint density at radius 3 is 2.81 bits per heavy atom. The number of nitrogens with one attached hydrogen (secondary N) is 1. The number of aryl methyl sites for hydroxylation is 1. The van der Waals surface area contributed by atoms with E-state index in [0.29, 0.717) is 36.5 Å². The van der Waals surface area contributed by atoms with Crippen LogP contribution >= 0.6 is 22.9 Å². The van der Waals surface area contributed by atoms with E-state index in [-0.39, 0.29) is 5.91 Å². The number of nitrogens with zero attached hydrogens (tertiary/aromatic N) is 2. The van der Waals surface area contributed by atoms with Crippen molar-refractivity contribution in [2.45, 2.75) is 25.4 Å². The molecule has 1 aromatic carbocycles. The van der Waals surface area contributed by atoms with Gasteiger partial charge in [-0.05, 0) is 31.9 Å². The molecule has 1 fully saturated rings. The summed E-state index contributed by atoms with van der Waals surface area (Å²) in [6.45, 7) is 2.98. The van der Waals surface area contributed by atoms with E-state index in [0.717, 1.165) is 21.6 Å². The summed E-state index contributed by atoms with van der Waals surface area (Å²) in [6, 6.07) is 7.60. The molecule has 0 spiro atoms. The molecule has 5 nitrogen and oxygen atoms in total. The van der Waals surface area contributed by atoms with Crippen molar-refractivity contribution < 1.29 is 9.90 Å². The van der Waals surface area contributed by atoms with Crippen LogP contribution in [0.15, 0.2) is 42.0 Å². The minimum Gasteiger partial charge on any atom is -0.385 e. The number of H-pyrrole nitrogens is 1. The van der Waals surface area contributed by atoms with Crippen LogP contribution in [0.3, 0.4) is 0 Å². The zero-order valence-electron chi connectivity index (χ0n) is 14.9.